The summed E-state index contributed by atoms with van der Waals surface area (Å²) in [5, 5.41) is 24.1. The van der Waals surface area contributed by atoms with E-state index in [1.54, 1.807) is 19.9 Å². The van der Waals surface area contributed by atoms with E-state index < -0.39 is 17.5 Å². The van der Waals surface area contributed by atoms with E-state index in [0.29, 0.717) is 35.6 Å². The Morgan fingerprint density at radius 3 is 2.72 bits per heavy atom. The molecule has 0 spiro atoms. The van der Waals surface area contributed by atoms with E-state index in [0.717, 1.165) is 0 Å². The zero-order chi connectivity index (χ0) is 23.2. The van der Waals surface area contributed by atoms with Gasteiger partial charge in [0.05, 0.1) is 41.2 Å². The molecule has 32 heavy (non-hydrogen) atoms. The van der Waals surface area contributed by atoms with Crippen LogP contribution in [0.1, 0.15) is 46.0 Å². The van der Waals surface area contributed by atoms with Crippen molar-refractivity contribution in [3.63, 3.8) is 0 Å². The van der Waals surface area contributed by atoms with Crippen molar-refractivity contribution in [1.82, 2.24) is 19.5 Å². The van der Waals surface area contributed by atoms with Gasteiger partial charge in [-0.3, -0.25) is 0 Å². The lowest BCUT2D eigenvalue weighted by atomic mass is 10.1. The van der Waals surface area contributed by atoms with Crippen molar-refractivity contribution in [2.75, 3.05) is 18.5 Å². The van der Waals surface area contributed by atoms with E-state index in [1.807, 2.05) is 18.4 Å². The van der Waals surface area contributed by atoms with Gasteiger partial charge in [0.2, 0.25) is 5.95 Å². The number of nitrogens with one attached hydrogen (secondary N) is 1. The second-order valence-electron chi connectivity index (χ2n) is 8.86. The third-order valence-corrected chi connectivity index (χ3v) is 5.75. The third-order valence-electron chi connectivity index (χ3n) is 5.47. The fourth-order valence-corrected chi connectivity index (χ4v) is 4.14. The quantitative estimate of drug-likeness (QED) is 0.530. The van der Waals surface area contributed by atoms with Crippen LogP contribution in [-0.4, -0.2) is 55.1 Å². The molecule has 3 aromatic rings. The van der Waals surface area contributed by atoms with Crippen LogP contribution in [0.5, 0.6) is 0 Å². The molecule has 0 saturated carbocycles. The minimum absolute atomic E-state index is 0.0656. The second kappa shape index (κ2) is 8.55. The zero-order valence-corrected chi connectivity index (χ0v) is 19.2. The van der Waals surface area contributed by atoms with Gasteiger partial charge in [0.25, 0.3) is 0 Å². The molecular formula is C22H27ClFN5O3. The molecule has 1 saturated heterocycles. The Bertz CT molecular complexity index is 1140. The highest BCUT2D eigenvalue weighted by atomic mass is 35.5. The monoisotopic (exact) mass is 463 g/mol. The normalized spacial score (nSPS) is 19.7. The van der Waals surface area contributed by atoms with Gasteiger partial charge >= 0.3 is 0 Å². The van der Waals surface area contributed by atoms with Crippen molar-refractivity contribution in [2.24, 2.45) is 0 Å². The van der Waals surface area contributed by atoms with Crippen molar-refractivity contribution >= 4 is 28.6 Å². The van der Waals surface area contributed by atoms with E-state index in [-0.39, 0.29) is 35.2 Å². The lowest BCUT2D eigenvalue weighted by Gasteiger charge is -2.28. The second-order valence-corrected chi connectivity index (χ2v) is 9.26. The fraction of sp³-hybridized carbons (Fsp3) is 0.500. The molecule has 3 heterocycles. The molecule has 0 bridgehead atoms. The highest BCUT2D eigenvalue weighted by molar-refractivity contribution is 6.33. The zero-order valence-electron chi connectivity index (χ0n) is 18.4. The van der Waals surface area contributed by atoms with Gasteiger partial charge in [-0.25, -0.2) is 19.3 Å². The molecule has 3 N–H and O–H groups in total. The average Bonchev–Trinajstić information content (AvgIpc) is 3.12. The number of aliphatic hydroxyl groups excluding tert-OH is 1. The molecular weight excluding hydrogens is 437 g/mol. The first kappa shape index (κ1) is 22.8. The number of aliphatic hydroxyl groups is 2. The Morgan fingerprint density at radius 1 is 1.31 bits per heavy atom. The van der Waals surface area contributed by atoms with Crippen LogP contribution in [-0.2, 0) is 10.3 Å². The van der Waals surface area contributed by atoms with Gasteiger partial charge in [0.15, 0.2) is 5.82 Å². The van der Waals surface area contributed by atoms with Crippen LogP contribution in [0.4, 0.5) is 10.3 Å². The molecule has 2 aromatic heterocycles. The molecule has 0 radical (unpaired) electrons. The largest absolute Gasteiger partial charge is 0.389 e. The van der Waals surface area contributed by atoms with E-state index >= 15 is 4.39 Å². The highest BCUT2D eigenvalue weighted by Crippen LogP contribution is 2.34. The first-order chi connectivity index (χ1) is 15.1. The van der Waals surface area contributed by atoms with Crippen LogP contribution >= 0.6 is 11.6 Å². The van der Waals surface area contributed by atoms with Crippen molar-refractivity contribution in [2.45, 2.75) is 57.9 Å². The Balaban J connectivity index is 1.80. The molecule has 2 atom stereocenters. The molecule has 1 aromatic carbocycles. The minimum atomic E-state index is -1.25. The van der Waals surface area contributed by atoms with Crippen LogP contribution in [0.15, 0.2) is 18.3 Å². The third kappa shape index (κ3) is 4.30. The molecule has 1 aliphatic heterocycles. The molecule has 0 amide bonds. The lowest BCUT2D eigenvalue weighted by Crippen LogP contribution is -2.42. The summed E-state index contributed by atoms with van der Waals surface area (Å²) in [5.74, 6) is 0.125. The molecule has 2 unspecified atom stereocenters. The van der Waals surface area contributed by atoms with Gasteiger partial charge in [0.1, 0.15) is 16.9 Å². The van der Waals surface area contributed by atoms with Gasteiger partial charge in [-0.05, 0) is 46.2 Å². The highest BCUT2D eigenvalue weighted by Gasteiger charge is 2.28. The molecule has 8 nitrogen and oxygen atoms in total. The topological polar surface area (TPSA) is 105 Å². The smallest absolute Gasteiger partial charge is 0.223 e. The van der Waals surface area contributed by atoms with Crippen molar-refractivity contribution in [1.29, 1.82) is 0 Å². The minimum Gasteiger partial charge on any atom is -0.389 e. The van der Waals surface area contributed by atoms with Crippen molar-refractivity contribution in [3.8, 4) is 11.3 Å². The number of benzene rings is 1. The van der Waals surface area contributed by atoms with Crippen molar-refractivity contribution < 1.29 is 19.3 Å². The summed E-state index contributed by atoms with van der Waals surface area (Å²) in [5.41, 5.74) is 0.281. The van der Waals surface area contributed by atoms with Crippen LogP contribution < -0.4 is 5.32 Å². The lowest BCUT2D eigenvalue weighted by molar-refractivity contribution is -0.0136. The van der Waals surface area contributed by atoms with Gasteiger partial charge in [-0.15, -0.1) is 0 Å². The number of fused-ring (bicyclic) bond motifs is 1. The molecule has 1 fully saturated rings. The Hall–Kier alpha value is -2.33. The maximum atomic E-state index is 15.1. The number of rotatable bonds is 5. The predicted octanol–water partition coefficient (Wildman–Crippen LogP) is 3.66. The number of imidazole rings is 1. The first-order valence-corrected chi connectivity index (χ1v) is 10.9. The molecule has 4 rings (SSSR count). The van der Waals surface area contributed by atoms with Crippen LogP contribution in [0.3, 0.4) is 0 Å². The summed E-state index contributed by atoms with van der Waals surface area (Å²) in [6.45, 7) is 7.90. The number of halogens is 2. The van der Waals surface area contributed by atoms with E-state index in [9.17, 15) is 10.2 Å². The molecule has 0 aliphatic carbocycles. The van der Waals surface area contributed by atoms with E-state index in [2.05, 4.69) is 20.3 Å². The Kier molecular flexibility index (Phi) is 6.10. The summed E-state index contributed by atoms with van der Waals surface area (Å²) >= 11 is 6.38. The van der Waals surface area contributed by atoms with Gasteiger partial charge in [-0.1, -0.05) is 11.6 Å². The van der Waals surface area contributed by atoms with Crippen LogP contribution in [0, 0.1) is 5.82 Å². The van der Waals surface area contributed by atoms with Gasteiger partial charge < -0.3 is 24.8 Å². The van der Waals surface area contributed by atoms with Crippen molar-refractivity contribution in [3.05, 3.63) is 35.0 Å². The Labute approximate surface area is 190 Å². The van der Waals surface area contributed by atoms with Crippen LogP contribution in [0.2, 0.25) is 5.02 Å². The molecule has 1 aliphatic rings. The number of hydrogen-bond donors (Lipinski definition) is 3. The summed E-state index contributed by atoms with van der Waals surface area (Å²) in [6, 6.07) is 2.77. The van der Waals surface area contributed by atoms with Gasteiger partial charge in [0, 0.05) is 18.2 Å². The number of ether oxygens (including phenoxy) is 1. The number of anilines is 1. The predicted molar refractivity (Wildman–Crippen MR) is 120 cm³/mol. The first-order valence-electron chi connectivity index (χ1n) is 10.6. The summed E-state index contributed by atoms with van der Waals surface area (Å²) in [7, 11) is 0. The maximum absolute atomic E-state index is 15.1. The summed E-state index contributed by atoms with van der Waals surface area (Å²) < 4.78 is 22.2. The number of aromatic nitrogens is 4. The Morgan fingerprint density at radius 2 is 2.06 bits per heavy atom. The fourth-order valence-electron chi connectivity index (χ4n) is 3.94. The molecule has 10 heteroatoms. The average molecular weight is 464 g/mol. The van der Waals surface area contributed by atoms with Crippen LogP contribution in [0.25, 0.3) is 22.3 Å². The standard InChI is InChI=1S/C22H27ClFN5O3/c1-11(2)29-16-8-12(7-14(24)19(16)27-20(29)22(3,4)31)18-13(23)9-25-21(28-18)26-15-5-6-32-10-17(15)30/h7-9,11,15,17,30-31H,5-6,10H2,1-4H3,(H,25,26,28). The SMILES string of the molecule is CC(C)n1c(C(C)(C)O)nc2c(F)cc(-c3nc(NC4CCOCC4O)ncc3Cl)cc21. The van der Waals surface area contributed by atoms with E-state index in [1.165, 1.54) is 12.3 Å². The number of nitrogens with zero attached hydrogens (tertiary/aromatic N) is 4. The van der Waals surface area contributed by atoms with E-state index in [4.69, 9.17) is 16.3 Å². The maximum Gasteiger partial charge on any atom is 0.223 e. The summed E-state index contributed by atoms with van der Waals surface area (Å²) in [6.07, 6.45) is 1.37. The molecule has 172 valence electrons. The van der Waals surface area contributed by atoms with Gasteiger partial charge in [-0.2, -0.15) is 0 Å². The number of hydrogen-bond acceptors (Lipinski definition) is 7. The summed E-state index contributed by atoms with van der Waals surface area (Å²) in [4.78, 5) is 13.1.